The lowest BCUT2D eigenvalue weighted by molar-refractivity contribution is 0.415. The Morgan fingerprint density at radius 3 is 2.71 bits per heavy atom. The smallest absolute Gasteiger partial charge is 0.144 e. The minimum absolute atomic E-state index is 0.666. The summed E-state index contributed by atoms with van der Waals surface area (Å²) in [5.74, 6) is 0.717. The van der Waals surface area contributed by atoms with Gasteiger partial charge >= 0.3 is 0 Å². The van der Waals surface area contributed by atoms with Crippen molar-refractivity contribution in [1.82, 2.24) is 0 Å². The van der Waals surface area contributed by atoms with E-state index in [2.05, 4.69) is 10.3 Å². The number of anilines is 2. The molecule has 0 saturated heterocycles. The molecule has 5 heteroatoms. The summed E-state index contributed by atoms with van der Waals surface area (Å²) >= 11 is 0. The van der Waals surface area contributed by atoms with E-state index in [1.807, 2.05) is 0 Å². The summed E-state index contributed by atoms with van der Waals surface area (Å²) in [7, 11) is 4.99. The summed E-state index contributed by atoms with van der Waals surface area (Å²) in [6.07, 6.45) is 0. The van der Waals surface area contributed by atoms with Gasteiger partial charge in [0.15, 0.2) is 0 Å². The quantitative estimate of drug-likeness (QED) is 0.452. The van der Waals surface area contributed by atoms with Crippen molar-refractivity contribution in [2.24, 2.45) is 10.3 Å². The van der Waals surface area contributed by atoms with Crippen molar-refractivity contribution in [3.63, 3.8) is 0 Å². The van der Waals surface area contributed by atoms with Crippen LogP contribution in [0.25, 0.3) is 0 Å². The van der Waals surface area contributed by atoms with Crippen LogP contribution < -0.4 is 15.5 Å². The number of rotatable bonds is 3. The van der Waals surface area contributed by atoms with Crippen molar-refractivity contribution in [2.75, 3.05) is 31.9 Å². The number of hydrogen-bond acceptors (Lipinski definition) is 4. The second kappa shape index (κ2) is 4.45. The molecule has 0 heterocycles. The molecule has 0 fully saturated rings. The maximum absolute atomic E-state index is 5.66. The fourth-order valence-electron chi connectivity index (χ4n) is 1.14. The van der Waals surface area contributed by atoms with Crippen LogP contribution in [0.3, 0.4) is 0 Å². The molecule has 0 saturated carbocycles. The lowest BCUT2D eigenvalue weighted by Crippen LogP contribution is -2.09. The lowest BCUT2D eigenvalue weighted by atomic mass is 10.2. The predicted octanol–water partition coefficient (Wildman–Crippen LogP) is 1.71. The van der Waals surface area contributed by atoms with E-state index in [1.54, 1.807) is 44.4 Å². The SMILES string of the molecule is CN=NN(C)c1cc(N)ccc1OC. The van der Waals surface area contributed by atoms with Crippen molar-refractivity contribution < 1.29 is 4.74 Å². The van der Waals surface area contributed by atoms with Crippen LogP contribution in [0.5, 0.6) is 5.75 Å². The fourth-order valence-corrected chi connectivity index (χ4v) is 1.14. The molecule has 1 aromatic carbocycles. The number of nitrogen functional groups attached to an aromatic ring is 1. The first-order chi connectivity index (χ1) is 6.69. The van der Waals surface area contributed by atoms with Gasteiger partial charge < -0.3 is 10.5 Å². The lowest BCUT2D eigenvalue weighted by Gasteiger charge is -2.15. The van der Waals surface area contributed by atoms with Crippen LogP contribution in [-0.4, -0.2) is 21.2 Å². The summed E-state index contributed by atoms with van der Waals surface area (Å²) in [5, 5.41) is 9.15. The van der Waals surface area contributed by atoms with E-state index in [9.17, 15) is 0 Å². The minimum atomic E-state index is 0.666. The van der Waals surface area contributed by atoms with Gasteiger partial charge in [0, 0.05) is 12.7 Å². The summed E-state index contributed by atoms with van der Waals surface area (Å²) in [5.41, 5.74) is 7.12. The van der Waals surface area contributed by atoms with Crippen LogP contribution in [0.1, 0.15) is 0 Å². The van der Waals surface area contributed by atoms with Gasteiger partial charge in [0.2, 0.25) is 0 Å². The summed E-state index contributed by atoms with van der Waals surface area (Å²) in [6, 6.07) is 5.36. The highest BCUT2D eigenvalue weighted by Gasteiger charge is 2.07. The Labute approximate surface area is 83.2 Å². The number of methoxy groups -OCH3 is 1. The second-order valence-corrected chi connectivity index (χ2v) is 2.74. The molecule has 0 atom stereocenters. The Hall–Kier alpha value is -1.78. The third-order valence-corrected chi connectivity index (χ3v) is 1.78. The van der Waals surface area contributed by atoms with E-state index in [0.29, 0.717) is 11.4 Å². The molecule has 14 heavy (non-hydrogen) atoms. The molecule has 1 rings (SSSR count). The zero-order valence-electron chi connectivity index (χ0n) is 8.56. The third kappa shape index (κ3) is 2.12. The van der Waals surface area contributed by atoms with Gasteiger partial charge in [-0.1, -0.05) is 5.22 Å². The van der Waals surface area contributed by atoms with Crippen LogP contribution in [0, 0.1) is 0 Å². The number of benzene rings is 1. The molecule has 0 amide bonds. The van der Waals surface area contributed by atoms with Gasteiger partial charge in [-0.15, -0.1) is 0 Å². The maximum Gasteiger partial charge on any atom is 0.144 e. The second-order valence-electron chi connectivity index (χ2n) is 2.74. The van der Waals surface area contributed by atoms with Crippen molar-refractivity contribution in [2.45, 2.75) is 0 Å². The van der Waals surface area contributed by atoms with Crippen molar-refractivity contribution in [1.29, 1.82) is 0 Å². The van der Waals surface area contributed by atoms with E-state index in [0.717, 1.165) is 5.69 Å². The van der Waals surface area contributed by atoms with Gasteiger partial charge in [0.1, 0.15) is 11.4 Å². The van der Waals surface area contributed by atoms with Gasteiger partial charge in [0.05, 0.1) is 14.2 Å². The number of nitrogens with two attached hydrogens (primary N) is 1. The highest BCUT2D eigenvalue weighted by molar-refractivity contribution is 5.64. The van der Waals surface area contributed by atoms with Gasteiger partial charge in [-0.25, -0.2) is 5.01 Å². The van der Waals surface area contributed by atoms with Gasteiger partial charge in [-0.05, 0) is 18.2 Å². The molecule has 0 aromatic heterocycles. The van der Waals surface area contributed by atoms with E-state index in [-0.39, 0.29) is 0 Å². The molecule has 0 radical (unpaired) electrons. The third-order valence-electron chi connectivity index (χ3n) is 1.78. The Morgan fingerprint density at radius 2 is 2.14 bits per heavy atom. The predicted molar refractivity (Wildman–Crippen MR) is 56.6 cm³/mol. The fraction of sp³-hybridized carbons (Fsp3) is 0.333. The molecule has 5 nitrogen and oxygen atoms in total. The van der Waals surface area contributed by atoms with Crippen molar-refractivity contribution in [3.05, 3.63) is 18.2 Å². The Balaban J connectivity index is 3.09. The van der Waals surface area contributed by atoms with Crippen molar-refractivity contribution >= 4 is 11.4 Å². The molecule has 1 aromatic rings. The monoisotopic (exact) mass is 194 g/mol. The largest absolute Gasteiger partial charge is 0.495 e. The summed E-state index contributed by atoms with van der Waals surface area (Å²) in [4.78, 5) is 0. The van der Waals surface area contributed by atoms with Gasteiger partial charge in [-0.2, -0.15) is 5.11 Å². The van der Waals surface area contributed by atoms with Crippen molar-refractivity contribution in [3.8, 4) is 5.75 Å². The van der Waals surface area contributed by atoms with Gasteiger partial charge in [0.25, 0.3) is 0 Å². The zero-order chi connectivity index (χ0) is 10.6. The van der Waals surface area contributed by atoms with Gasteiger partial charge in [-0.3, -0.25) is 0 Å². The van der Waals surface area contributed by atoms with E-state index >= 15 is 0 Å². The van der Waals surface area contributed by atoms with E-state index < -0.39 is 0 Å². The molecule has 2 N–H and O–H groups in total. The van der Waals surface area contributed by atoms with Crippen LogP contribution in [-0.2, 0) is 0 Å². The maximum atomic E-state index is 5.66. The van der Waals surface area contributed by atoms with Crippen LogP contribution >= 0.6 is 0 Å². The van der Waals surface area contributed by atoms with Crippen LogP contribution in [0.2, 0.25) is 0 Å². The molecule has 0 aliphatic rings. The summed E-state index contributed by atoms with van der Waals surface area (Å²) < 4.78 is 5.17. The standard InChI is InChI=1S/C9H14N4O/c1-11-12-13(2)8-6-7(10)4-5-9(8)14-3/h4-6H,10H2,1-3H3. The highest BCUT2D eigenvalue weighted by atomic mass is 16.5. The molecule has 0 aliphatic carbocycles. The first kappa shape index (κ1) is 10.3. The summed E-state index contributed by atoms with van der Waals surface area (Å²) in [6.45, 7) is 0. The molecule has 0 unspecified atom stereocenters. The molecule has 0 spiro atoms. The van der Waals surface area contributed by atoms with Crippen LogP contribution in [0.15, 0.2) is 28.5 Å². The van der Waals surface area contributed by atoms with Crippen LogP contribution in [0.4, 0.5) is 11.4 Å². The highest BCUT2D eigenvalue weighted by Crippen LogP contribution is 2.29. The zero-order valence-corrected chi connectivity index (χ0v) is 8.56. The number of hydrogen-bond donors (Lipinski definition) is 1. The molecule has 0 bridgehead atoms. The molecule has 76 valence electrons. The Morgan fingerprint density at radius 1 is 1.43 bits per heavy atom. The average Bonchev–Trinajstić information content (AvgIpc) is 2.18. The molecule has 0 aliphatic heterocycles. The normalized spacial score (nSPS) is 10.5. The Kier molecular flexibility index (Phi) is 3.28. The first-order valence-electron chi connectivity index (χ1n) is 4.16. The van der Waals surface area contributed by atoms with E-state index in [4.69, 9.17) is 10.5 Å². The number of ether oxygens (including phenoxy) is 1. The van der Waals surface area contributed by atoms with E-state index in [1.165, 1.54) is 0 Å². The minimum Gasteiger partial charge on any atom is -0.495 e. The molecular weight excluding hydrogens is 180 g/mol. The average molecular weight is 194 g/mol. The Bertz CT molecular complexity index is 338. The topological polar surface area (TPSA) is 63.2 Å². The molecular formula is C9H14N4O. The number of nitrogens with zero attached hydrogens (tertiary/aromatic N) is 3. The first-order valence-corrected chi connectivity index (χ1v) is 4.16.